The van der Waals surface area contributed by atoms with Crippen molar-refractivity contribution in [3.05, 3.63) is 95.1 Å². The lowest BCUT2D eigenvalue weighted by Gasteiger charge is -2.29. The molecule has 0 radical (unpaired) electrons. The Hall–Kier alpha value is -4.21. The molecule has 1 aliphatic rings. The largest absolute Gasteiger partial charge is 0.392 e. The molecule has 0 aliphatic carbocycles. The van der Waals surface area contributed by atoms with E-state index in [4.69, 9.17) is 0 Å². The summed E-state index contributed by atoms with van der Waals surface area (Å²) in [7, 11) is 0. The zero-order valence-electron chi connectivity index (χ0n) is 26.2. The van der Waals surface area contributed by atoms with Crippen LogP contribution in [0.25, 0.3) is 11.1 Å². The van der Waals surface area contributed by atoms with Crippen LogP contribution in [0.15, 0.2) is 72.8 Å². The average Bonchev–Trinajstić information content (AvgIpc) is 3.11. The predicted molar refractivity (Wildman–Crippen MR) is 173 cm³/mol. The van der Waals surface area contributed by atoms with Crippen molar-refractivity contribution in [2.75, 3.05) is 13.1 Å². The van der Waals surface area contributed by atoms with Crippen molar-refractivity contribution in [2.24, 2.45) is 0 Å². The monoisotopic (exact) mass is 599 g/mol. The van der Waals surface area contributed by atoms with Crippen LogP contribution in [-0.2, 0) is 35.6 Å². The number of nitrogens with one attached hydrogen (secondary N) is 4. The molecule has 9 nitrogen and oxygen atoms in total. The number of aliphatic hydroxyl groups is 1. The molecule has 1 heterocycles. The highest BCUT2D eigenvalue weighted by Gasteiger charge is 2.32. The Labute approximate surface area is 260 Å². The molecule has 0 unspecified atom stereocenters. The molecule has 3 aromatic carbocycles. The van der Waals surface area contributed by atoms with Crippen LogP contribution in [0.3, 0.4) is 0 Å². The maximum atomic E-state index is 13.9. The van der Waals surface area contributed by atoms with Gasteiger partial charge in [-0.15, -0.1) is 0 Å². The molecule has 5 N–H and O–H groups in total. The molecule has 4 amide bonds. The van der Waals surface area contributed by atoms with Crippen LogP contribution < -0.4 is 21.3 Å². The Balaban J connectivity index is 1.48. The zero-order valence-corrected chi connectivity index (χ0v) is 26.2. The van der Waals surface area contributed by atoms with E-state index in [2.05, 4.69) is 21.3 Å². The van der Waals surface area contributed by atoms with E-state index in [1.54, 1.807) is 6.92 Å². The van der Waals surface area contributed by atoms with Gasteiger partial charge in [-0.25, -0.2) is 4.79 Å². The Bertz CT molecular complexity index is 1440. The van der Waals surface area contributed by atoms with E-state index in [0.29, 0.717) is 39.1 Å². The summed E-state index contributed by atoms with van der Waals surface area (Å²) in [5.74, 6) is -0.328. The fraction of sp³-hybridized carbons (Fsp3) is 0.400. The second kappa shape index (κ2) is 15.0. The Morgan fingerprint density at radius 1 is 0.977 bits per heavy atom. The number of β-amino-alcohol motifs (C(OH)–C–C–N with tert-alkyl or cyclic N) is 1. The van der Waals surface area contributed by atoms with Crippen molar-refractivity contribution < 1.29 is 19.5 Å². The Morgan fingerprint density at radius 2 is 1.66 bits per heavy atom. The summed E-state index contributed by atoms with van der Waals surface area (Å²) in [6.45, 7) is 9.60. The standard InChI is InChI=1S/C35H45N5O4/c1-5-36-34(44)37-21-28-11-8-9-13-30(28)26-16-14-25(15-17-26)22-40-23-29-12-7-6-10-27(29)18-31(33(40)43)39-32(42)19-35(3,4)38-20-24(2)41/h6-17,24,31,38,41H,5,18-23H2,1-4H3,(H,39,42)(H2,36,37,44)/t24-,31-/m1/s1. The molecule has 2 atom stereocenters. The van der Waals surface area contributed by atoms with Crippen LogP contribution in [0.2, 0.25) is 0 Å². The summed E-state index contributed by atoms with van der Waals surface area (Å²) in [6.07, 6.45) is 0.0801. The van der Waals surface area contributed by atoms with E-state index in [0.717, 1.165) is 33.4 Å². The first-order valence-electron chi connectivity index (χ1n) is 15.3. The first-order chi connectivity index (χ1) is 21.0. The molecule has 234 valence electrons. The smallest absolute Gasteiger partial charge is 0.315 e. The minimum atomic E-state index is -0.678. The van der Waals surface area contributed by atoms with Crippen LogP contribution in [0, 0.1) is 0 Å². The average molecular weight is 600 g/mol. The maximum absolute atomic E-state index is 13.9. The van der Waals surface area contributed by atoms with E-state index in [9.17, 15) is 19.5 Å². The maximum Gasteiger partial charge on any atom is 0.315 e. The minimum Gasteiger partial charge on any atom is -0.392 e. The van der Waals surface area contributed by atoms with Crippen LogP contribution in [0.5, 0.6) is 0 Å². The molecule has 1 aliphatic heterocycles. The van der Waals surface area contributed by atoms with Gasteiger partial charge in [0.05, 0.1) is 6.10 Å². The minimum absolute atomic E-state index is 0.116. The number of benzene rings is 3. The van der Waals surface area contributed by atoms with Crippen LogP contribution in [0.4, 0.5) is 4.79 Å². The van der Waals surface area contributed by atoms with Crippen molar-refractivity contribution in [3.63, 3.8) is 0 Å². The van der Waals surface area contributed by atoms with E-state index < -0.39 is 17.7 Å². The number of hydrogen-bond donors (Lipinski definition) is 5. The second-order valence-corrected chi connectivity index (χ2v) is 12.1. The van der Waals surface area contributed by atoms with E-state index in [-0.39, 0.29) is 24.3 Å². The van der Waals surface area contributed by atoms with Crippen molar-refractivity contribution in [1.82, 2.24) is 26.2 Å². The number of carbonyl (C=O) groups is 3. The van der Waals surface area contributed by atoms with Gasteiger partial charge in [0.15, 0.2) is 0 Å². The Kier molecular flexibility index (Phi) is 11.1. The highest BCUT2D eigenvalue weighted by molar-refractivity contribution is 5.89. The lowest BCUT2D eigenvalue weighted by atomic mass is 9.98. The van der Waals surface area contributed by atoms with Crippen LogP contribution >= 0.6 is 0 Å². The number of aliphatic hydroxyl groups excluding tert-OH is 1. The molecule has 0 saturated carbocycles. The van der Waals surface area contributed by atoms with Gasteiger partial charge in [0.2, 0.25) is 11.8 Å². The van der Waals surface area contributed by atoms with Crippen molar-refractivity contribution in [2.45, 2.75) is 77.9 Å². The third-order valence-corrected chi connectivity index (χ3v) is 7.76. The van der Waals surface area contributed by atoms with Crippen molar-refractivity contribution in [1.29, 1.82) is 0 Å². The third kappa shape index (κ3) is 9.14. The van der Waals surface area contributed by atoms with Gasteiger partial charge in [0, 0.05) is 51.1 Å². The van der Waals surface area contributed by atoms with E-state index >= 15 is 0 Å². The van der Waals surface area contributed by atoms with Crippen LogP contribution in [0.1, 0.15) is 56.4 Å². The molecule has 44 heavy (non-hydrogen) atoms. The fourth-order valence-corrected chi connectivity index (χ4v) is 5.47. The van der Waals surface area contributed by atoms with Gasteiger partial charge in [0.25, 0.3) is 0 Å². The molecule has 0 spiro atoms. The number of rotatable bonds is 12. The summed E-state index contributed by atoms with van der Waals surface area (Å²) in [4.78, 5) is 40.7. The summed E-state index contributed by atoms with van der Waals surface area (Å²) >= 11 is 0. The fourth-order valence-electron chi connectivity index (χ4n) is 5.47. The first-order valence-corrected chi connectivity index (χ1v) is 15.3. The molecular weight excluding hydrogens is 554 g/mol. The Morgan fingerprint density at radius 3 is 2.36 bits per heavy atom. The number of amides is 4. The SMILES string of the molecule is CCNC(=O)NCc1ccccc1-c1ccc(CN2Cc3ccccc3C[C@@H](NC(=O)CC(C)(C)NC[C@@H](C)O)C2=O)cc1. The molecule has 0 bridgehead atoms. The van der Waals surface area contributed by atoms with Gasteiger partial charge >= 0.3 is 6.03 Å². The summed E-state index contributed by atoms with van der Waals surface area (Å²) in [5.41, 5.74) is 5.62. The van der Waals surface area contributed by atoms with Gasteiger partial charge in [-0.05, 0) is 61.1 Å². The normalized spacial score (nSPS) is 15.6. The number of hydrogen-bond acceptors (Lipinski definition) is 5. The number of fused-ring (bicyclic) bond motifs is 1. The number of nitrogens with zero attached hydrogens (tertiary/aromatic N) is 1. The second-order valence-electron chi connectivity index (χ2n) is 12.1. The predicted octanol–water partition coefficient (Wildman–Crippen LogP) is 3.88. The molecule has 4 rings (SSSR count). The summed E-state index contributed by atoms with van der Waals surface area (Å²) < 4.78 is 0. The first kappa shape index (κ1) is 32.7. The highest BCUT2D eigenvalue weighted by Crippen LogP contribution is 2.26. The van der Waals surface area contributed by atoms with E-state index in [1.807, 2.05) is 98.5 Å². The lowest BCUT2D eigenvalue weighted by Crippen LogP contribution is -2.51. The third-order valence-electron chi connectivity index (χ3n) is 7.76. The summed E-state index contributed by atoms with van der Waals surface area (Å²) in [5, 5.41) is 21.5. The molecule has 0 aromatic heterocycles. The molecular formula is C35H45N5O4. The van der Waals surface area contributed by atoms with Gasteiger partial charge in [0.1, 0.15) is 6.04 Å². The quantitative estimate of drug-likeness (QED) is 0.216. The lowest BCUT2D eigenvalue weighted by molar-refractivity contribution is -0.137. The van der Waals surface area contributed by atoms with Crippen molar-refractivity contribution >= 4 is 17.8 Å². The molecule has 0 fully saturated rings. The van der Waals surface area contributed by atoms with Crippen LogP contribution in [-0.4, -0.2) is 58.6 Å². The molecule has 0 saturated heterocycles. The van der Waals surface area contributed by atoms with Gasteiger partial charge in [-0.1, -0.05) is 72.8 Å². The number of urea groups is 1. The summed E-state index contributed by atoms with van der Waals surface area (Å²) in [6, 6.07) is 23.2. The van der Waals surface area contributed by atoms with E-state index in [1.165, 1.54) is 0 Å². The highest BCUT2D eigenvalue weighted by atomic mass is 16.3. The number of carbonyl (C=O) groups excluding carboxylic acids is 3. The zero-order chi connectivity index (χ0) is 31.7. The molecule has 3 aromatic rings. The van der Waals surface area contributed by atoms with Gasteiger partial charge in [-0.2, -0.15) is 0 Å². The van der Waals surface area contributed by atoms with Gasteiger partial charge in [-0.3, -0.25) is 9.59 Å². The molecule has 9 heteroatoms. The topological polar surface area (TPSA) is 123 Å². The van der Waals surface area contributed by atoms with Gasteiger partial charge < -0.3 is 31.3 Å². The van der Waals surface area contributed by atoms with Crippen molar-refractivity contribution in [3.8, 4) is 11.1 Å².